The lowest BCUT2D eigenvalue weighted by molar-refractivity contribution is 0.0139. The molecule has 4 nitrogen and oxygen atoms in total. The van der Waals surface area contributed by atoms with Gasteiger partial charge < -0.3 is 4.74 Å². The molecule has 0 aromatic carbocycles. The average Bonchev–Trinajstić information content (AvgIpc) is 2.41. The molecule has 1 fully saturated rings. The van der Waals surface area contributed by atoms with E-state index in [1.165, 1.54) is 12.5 Å². The summed E-state index contributed by atoms with van der Waals surface area (Å²) in [7, 11) is 0. The lowest BCUT2D eigenvalue weighted by Gasteiger charge is -2.28. The van der Waals surface area contributed by atoms with Crippen LogP contribution in [-0.4, -0.2) is 22.3 Å². The van der Waals surface area contributed by atoms with Gasteiger partial charge in [-0.2, -0.15) is 0 Å². The van der Waals surface area contributed by atoms with Crippen LogP contribution in [0.1, 0.15) is 49.4 Å². The predicted octanol–water partition coefficient (Wildman–Crippen LogP) is 3.91. The van der Waals surface area contributed by atoms with Crippen LogP contribution < -0.4 is 0 Å². The molecule has 1 aliphatic rings. The summed E-state index contributed by atoms with van der Waals surface area (Å²) in [5.41, 5.74) is 0.181. The fourth-order valence-electron chi connectivity index (χ4n) is 2.43. The normalized spacial score (nSPS) is 23.1. The fraction of sp³-hybridized carbons (Fsp3) is 0.615. The van der Waals surface area contributed by atoms with Gasteiger partial charge in [0.15, 0.2) is 10.3 Å². The number of halogens is 2. The maximum Gasteiger partial charge on any atom is 0.341 e. The maximum atomic E-state index is 12.0. The van der Waals surface area contributed by atoms with E-state index in [0.717, 1.165) is 25.7 Å². The second-order valence-electron chi connectivity index (χ2n) is 4.84. The van der Waals surface area contributed by atoms with E-state index >= 15 is 0 Å². The van der Waals surface area contributed by atoms with Crippen LogP contribution in [0.25, 0.3) is 0 Å². The van der Waals surface area contributed by atoms with Crippen LogP contribution >= 0.6 is 23.2 Å². The van der Waals surface area contributed by atoms with Gasteiger partial charge in [0.1, 0.15) is 11.7 Å². The quantitative estimate of drug-likeness (QED) is 0.794. The molecule has 0 amide bonds. The number of aromatic nitrogens is 2. The Morgan fingerprint density at radius 1 is 1.42 bits per heavy atom. The summed E-state index contributed by atoms with van der Waals surface area (Å²) in [6, 6.07) is 1.39. The molecule has 0 aliphatic heterocycles. The highest BCUT2D eigenvalue weighted by Gasteiger charge is 2.25. The Kier molecular flexibility index (Phi) is 4.99. The van der Waals surface area contributed by atoms with Crippen molar-refractivity contribution < 1.29 is 9.53 Å². The Balaban J connectivity index is 2.02. The summed E-state index contributed by atoms with van der Waals surface area (Å²) in [6.07, 6.45) is 5.23. The molecule has 0 spiro atoms. The molecule has 19 heavy (non-hydrogen) atoms. The van der Waals surface area contributed by atoms with Crippen LogP contribution in [0.3, 0.4) is 0 Å². The topological polar surface area (TPSA) is 52.1 Å². The molecule has 1 aliphatic carbocycles. The standard InChI is InChI=1S/C13H16Cl2N2O2/c1-2-8-4-3-5-9(6-8)19-13(18)10-7-11(14)16-17-12(10)15/h7-9H,2-6H2,1H3. The number of rotatable bonds is 3. The molecule has 1 aromatic heterocycles. The van der Waals surface area contributed by atoms with Crippen molar-refractivity contribution in [3.05, 3.63) is 21.9 Å². The molecule has 2 unspecified atom stereocenters. The van der Waals surface area contributed by atoms with Crippen molar-refractivity contribution in [2.45, 2.75) is 45.1 Å². The summed E-state index contributed by atoms with van der Waals surface area (Å²) >= 11 is 11.5. The van der Waals surface area contributed by atoms with Gasteiger partial charge in [0.25, 0.3) is 0 Å². The van der Waals surface area contributed by atoms with Crippen molar-refractivity contribution in [1.29, 1.82) is 0 Å². The zero-order valence-corrected chi connectivity index (χ0v) is 12.2. The van der Waals surface area contributed by atoms with Crippen LogP contribution in [0.2, 0.25) is 10.3 Å². The molecule has 0 N–H and O–H groups in total. The molecular weight excluding hydrogens is 287 g/mol. The Morgan fingerprint density at radius 3 is 2.95 bits per heavy atom. The average molecular weight is 303 g/mol. The molecule has 2 rings (SSSR count). The Hall–Kier alpha value is -0.870. The highest BCUT2D eigenvalue weighted by molar-refractivity contribution is 6.33. The first kappa shape index (κ1) is 14.5. The summed E-state index contributed by atoms with van der Waals surface area (Å²) in [5, 5.41) is 7.33. The van der Waals surface area contributed by atoms with E-state index in [9.17, 15) is 4.79 Å². The second kappa shape index (κ2) is 6.53. The smallest absolute Gasteiger partial charge is 0.341 e. The van der Waals surface area contributed by atoms with Crippen molar-refractivity contribution in [3.63, 3.8) is 0 Å². The number of carbonyl (C=O) groups excluding carboxylic acids is 1. The van der Waals surface area contributed by atoms with Crippen LogP contribution in [0.5, 0.6) is 0 Å². The minimum Gasteiger partial charge on any atom is -0.459 e. The summed E-state index contributed by atoms with van der Waals surface area (Å²) in [5.74, 6) is 0.171. The Bertz CT molecular complexity index is 468. The Morgan fingerprint density at radius 2 is 2.21 bits per heavy atom. The van der Waals surface area contributed by atoms with Gasteiger partial charge in [0.05, 0.1) is 0 Å². The molecule has 104 valence electrons. The van der Waals surface area contributed by atoms with Gasteiger partial charge in [0.2, 0.25) is 0 Å². The number of esters is 1. The monoisotopic (exact) mass is 302 g/mol. The third-order valence-electron chi connectivity index (χ3n) is 3.52. The number of hydrogen-bond acceptors (Lipinski definition) is 4. The van der Waals surface area contributed by atoms with E-state index in [1.54, 1.807) is 0 Å². The van der Waals surface area contributed by atoms with E-state index in [-0.39, 0.29) is 22.0 Å². The van der Waals surface area contributed by atoms with E-state index in [0.29, 0.717) is 5.92 Å². The van der Waals surface area contributed by atoms with Crippen molar-refractivity contribution in [1.82, 2.24) is 10.2 Å². The third kappa shape index (κ3) is 3.80. The van der Waals surface area contributed by atoms with Crippen molar-refractivity contribution in [2.75, 3.05) is 0 Å². The molecule has 1 saturated carbocycles. The zero-order valence-electron chi connectivity index (χ0n) is 10.7. The number of nitrogens with zero attached hydrogens (tertiary/aromatic N) is 2. The molecule has 0 bridgehead atoms. The predicted molar refractivity (Wildman–Crippen MR) is 73.5 cm³/mol. The molecule has 1 aromatic rings. The molecule has 1 heterocycles. The van der Waals surface area contributed by atoms with Crippen molar-refractivity contribution in [3.8, 4) is 0 Å². The van der Waals surface area contributed by atoms with Gasteiger partial charge in [0, 0.05) is 0 Å². The molecular formula is C13H16Cl2N2O2. The lowest BCUT2D eigenvalue weighted by atomic mass is 9.85. The van der Waals surface area contributed by atoms with Crippen LogP contribution in [0, 0.1) is 5.92 Å². The van der Waals surface area contributed by atoms with E-state index in [1.807, 2.05) is 0 Å². The van der Waals surface area contributed by atoms with Crippen molar-refractivity contribution >= 4 is 29.2 Å². The summed E-state index contributed by atoms with van der Waals surface area (Å²) in [4.78, 5) is 12.0. The van der Waals surface area contributed by atoms with Gasteiger partial charge in [-0.25, -0.2) is 4.79 Å². The van der Waals surface area contributed by atoms with Gasteiger partial charge >= 0.3 is 5.97 Å². The van der Waals surface area contributed by atoms with E-state index in [2.05, 4.69) is 17.1 Å². The van der Waals surface area contributed by atoms with Crippen molar-refractivity contribution in [2.24, 2.45) is 5.92 Å². The second-order valence-corrected chi connectivity index (χ2v) is 5.59. The number of carbonyl (C=O) groups is 1. The minimum absolute atomic E-state index is 0.0252. The first-order chi connectivity index (χ1) is 9.10. The summed E-state index contributed by atoms with van der Waals surface area (Å²) in [6.45, 7) is 2.16. The molecule has 2 atom stereocenters. The van der Waals surface area contributed by atoms with E-state index in [4.69, 9.17) is 27.9 Å². The highest BCUT2D eigenvalue weighted by Crippen LogP contribution is 2.29. The first-order valence-electron chi connectivity index (χ1n) is 6.49. The Labute approximate surface area is 122 Å². The van der Waals surface area contributed by atoms with Crippen LogP contribution in [0.4, 0.5) is 0 Å². The lowest BCUT2D eigenvalue weighted by Crippen LogP contribution is -2.25. The van der Waals surface area contributed by atoms with Crippen LogP contribution in [-0.2, 0) is 4.74 Å². The SMILES string of the molecule is CCC1CCCC(OC(=O)c2cc(Cl)nnc2Cl)C1. The largest absolute Gasteiger partial charge is 0.459 e. The van der Waals surface area contributed by atoms with Crippen LogP contribution in [0.15, 0.2) is 6.07 Å². The van der Waals surface area contributed by atoms with Gasteiger partial charge in [-0.3, -0.25) is 0 Å². The summed E-state index contributed by atoms with van der Waals surface area (Å²) < 4.78 is 5.50. The zero-order chi connectivity index (χ0) is 13.8. The molecule has 0 radical (unpaired) electrons. The highest BCUT2D eigenvalue weighted by atomic mass is 35.5. The first-order valence-corrected chi connectivity index (χ1v) is 7.25. The number of ether oxygens (including phenoxy) is 1. The maximum absolute atomic E-state index is 12.0. The number of hydrogen-bond donors (Lipinski definition) is 0. The van der Waals surface area contributed by atoms with Gasteiger partial charge in [-0.15, -0.1) is 10.2 Å². The van der Waals surface area contributed by atoms with E-state index < -0.39 is 5.97 Å². The molecule has 0 saturated heterocycles. The minimum atomic E-state index is -0.469. The van der Waals surface area contributed by atoms with Gasteiger partial charge in [-0.1, -0.05) is 43.0 Å². The third-order valence-corrected chi connectivity index (χ3v) is 3.99. The van der Waals surface area contributed by atoms with Gasteiger partial charge in [-0.05, 0) is 31.2 Å². The molecule has 6 heteroatoms. The fourth-order valence-corrected chi connectivity index (χ4v) is 2.75.